The molecule has 3 aromatic rings. The van der Waals surface area contributed by atoms with Gasteiger partial charge in [-0.1, -0.05) is 42.5 Å². The highest BCUT2D eigenvalue weighted by atomic mass is 32.2. The van der Waals surface area contributed by atoms with Crippen LogP contribution in [0.15, 0.2) is 78.9 Å². The van der Waals surface area contributed by atoms with E-state index in [2.05, 4.69) is 22.3 Å². The van der Waals surface area contributed by atoms with E-state index in [0.29, 0.717) is 17.2 Å². The average molecular weight is 508 g/mol. The minimum Gasteiger partial charge on any atom is -0.455 e. The Morgan fingerprint density at radius 3 is 2.25 bits per heavy atom. The number of hydrogen-bond donors (Lipinski definition) is 1. The molecular formula is C28H33N3O4S. The molecule has 0 spiro atoms. The Bertz CT molecular complexity index is 1260. The molecule has 1 heterocycles. The molecule has 1 aliphatic heterocycles. The van der Waals surface area contributed by atoms with Crippen molar-refractivity contribution < 1.29 is 17.9 Å². The molecule has 1 saturated heterocycles. The van der Waals surface area contributed by atoms with Crippen LogP contribution < -0.4 is 19.3 Å². The molecule has 1 fully saturated rings. The van der Waals surface area contributed by atoms with Gasteiger partial charge in [-0.05, 0) is 68.1 Å². The molecule has 1 amide bonds. The molecule has 1 N–H and O–H groups in total. The summed E-state index contributed by atoms with van der Waals surface area (Å²) in [5, 5.41) is 2.94. The summed E-state index contributed by atoms with van der Waals surface area (Å²) < 4.78 is 32.4. The first kappa shape index (κ1) is 25.6. The highest BCUT2D eigenvalue weighted by molar-refractivity contribution is 7.92. The van der Waals surface area contributed by atoms with Crippen molar-refractivity contribution in [2.24, 2.45) is 0 Å². The highest BCUT2D eigenvalue weighted by Crippen LogP contribution is 2.33. The van der Waals surface area contributed by atoms with Crippen LogP contribution in [-0.2, 0) is 14.8 Å². The number of para-hydroxylation sites is 3. The third-order valence-corrected chi connectivity index (χ3v) is 7.41. The quantitative estimate of drug-likeness (QED) is 0.435. The molecular weight excluding hydrogens is 474 g/mol. The number of carbonyl (C=O) groups is 1. The van der Waals surface area contributed by atoms with Crippen molar-refractivity contribution in [3.05, 3.63) is 84.4 Å². The maximum absolute atomic E-state index is 13.0. The van der Waals surface area contributed by atoms with E-state index in [-0.39, 0.29) is 12.6 Å². The van der Waals surface area contributed by atoms with Gasteiger partial charge in [0.1, 0.15) is 12.3 Å². The maximum Gasteiger partial charge on any atom is 0.241 e. The van der Waals surface area contributed by atoms with Crippen molar-refractivity contribution in [1.82, 2.24) is 5.32 Å². The van der Waals surface area contributed by atoms with Crippen LogP contribution in [0.25, 0.3) is 0 Å². The number of ether oxygens (including phenoxy) is 1. The van der Waals surface area contributed by atoms with Gasteiger partial charge in [-0.2, -0.15) is 0 Å². The van der Waals surface area contributed by atoms with Crippen LogP contribution in [0.3, 0.4) is 0 Å². The summed E-state index contributed by atoms with van der Waals surface area (Å²) in [5.41, 5.74) is 2.45. The number of rotatable bonds is 9. The second-order valence-electron chi connectivity index (χ2n) is 9.08. The van der Waals surface area contributed by atoms with Crippen LogP contribution in [-0.4, -0.2) is 40.2 Å². The van der Waals surface area contributed by atoms with Crippen LogP contribution in [0.5, 0.6) is 11.5 Å². The second-order valence-corrected chi connectivity index (χ2v) is 11.0. The number of hydrogen-bond acceptors (Lipinski definition) is 5. The molecule has 0 aliphatic carbocycles. The van der Waals surface area contributed by atoms with E-state index in [1.807, 2.05) is 37.3 Å². The van der Waals surface area contributed by atoms with Crippen molar-refractivity contribution in [2.45, 2.75) is 32.2 Å². The number of nitrogens with zero attached hydrogens (tertiary/aromatic N) is 2. The number of nitrogens with one attached hydrogen (secondary N) is 1. The minimum atomic E-state index is -3.76. The summed E-state index contributed by atoms with van der Waals surface area (Å²) in [4.78, 5) is 15.4. The van der Waals surface area contributed by atoms with Crippen molar-refractivity contribution in [3.63, 3.8) is 0 Å². The molecule has 36 heavy (non-hydrogen) atoms. The molecule has 8 heteroatoms. The predicted molar refractivity (Wildman–Crippen MR) is 144 cm³/mol. The Hall–Kier alpha value is -3.52. The van der Waals surface area contributed by atoms with Gasteiger partial charge in [0.15, 0.2) is 5.75 Å². The zero-order chi connectivity index (χ0) is 25.5. The van der Waals surface area contributed by atoms with Gasteiger partial charge in [0, 0.05) is 18.8 Å². The molecule has 3 aromatic carbocycles. The number of carbonyl (C=O) groups excluding carboxylic acids is 1. The summed E-state index contributed by atoms with van der Waals surface area (Å²) in [6.07, 6.45) is 4.79. The van der Waals surface area contributed by atoms with Crippen molar-refractivity contribution in [1.29, 1.82) is 0 Å². The van der Waals surface area contributed by atoms with Gasteiger partial charge in [-0.3, -0.25) is 9.10 Å². The van der Waals surface area contributed by atoms with Crippen molar-refractivity contribution in [3.8, 4) is 11.5 Å². The van der Waals surface area contributed by atoms with E-state index in [1.165, 1.54) is 24.9 Å². The van der Waals surface area contributed by atoms with Crippen LogP contribution in [0, 0.1) is 0 Å². The Kier molecular flexibility index (Phi) is 8.15. The predicted octanol–water partition coefficient (Wildman–Crippen LogP) is 5.11. The Morgan fingerprint density at radius 2 is 1.58 bits per heavy atom. The van der Waals surface area contributed by atoms with Gasteiger partial charge >= 0.3 is 0 Å². The summed E-state index contributed by atoms with van der Waals surface area (Å²) in [5.74, 6) is 0.523. The van der Waals surface area contributed by atoms with Crippen molar-refractivity contribution >= 4 is 27.3 Å². The first-order chi connectivity index (χ1) is 17.3. The van der Waals surface area contributed by atoms with Crippen molar-refractivity contribution in [2.75, 3.05) is 35.1 Å². The standard InChI is InChI=1S/C28H33N3O4S/c1-22(23-15-17-24(18-16-23)30-19-9-4-10-20-30)29-28(32)21-31(36(2,33)34)26-13-7-8-14-27(26)35-25-11-5-3-6-12-25/h3,5-8,11-18,22H,4,9-10,19-21H2,1-2H3,(H,29,32). The molecule has 1 unspecified atom stereocenters. The number of benzene rings is 3. The molecule has 4 rings (SSSR count). The fourth-order valence-electron chi connectivity index (χ4n) is 4.37. The Labute approximate surface area is 213 Å². The van der Waals surface area contributed by atoms with E-state index in [4.69, 9.17) is 4.74 Å². The topological polar surface area (TPSA) is 79.0 Å². The summed E-state index contributed by atoms with van der Waals surface area (Å²) in [6, 6.07) is 23.8. The van der Waals surface area contributed by atoms with Crippen LogP contribution in [0.2, 0.25) is 0 Å². The lowest BCUT2D eigenvalue weighted by molar-refractivity contribution is -0.120. The molecule has 1 atom stereocenters. The molecule has 0 saturated carbocycles. The molecule has 190 valence electrons. The third-order valence-electron chi connectivity index (χ3n) is 6.28. The van der Waals surface area contributed by atoms with Crippen LogP contribution in [0.1, 0.15) is 37.8 Å². The summed E-state index contributed by atoms with van der Waals surface area (Å²) >= 11 is 0. The summed E-state index contributed by atoms with van der Waals surface area (Å²) in [6.45, 7) is 3.68. The molecule has 0 bridgehead atoms. The van der Waals surface area contributed by atoms with Gasteiger partial charge in [0.05, 0.1) is 18.0 Å². The normalized spacial score (nSPS) is 14.7. The fourth-order valence-corrected chi connectivity index (χ4v) is 5.23. The average Bonchev–Trinajstić information content (AvgIpc) is 2.88. The molecule has 0 aromatic heterocycles. The Balaban J connectivity index is 1.46. The maximum atomic E-state index is 13.0. The van der Waals surface area contributed by atoms with Gasteiger partial charge in [-0.15, -0.1) is 0 Å². The fraction of sp³-hybridized carbons (Fsp3) is 0.321. The van der Waals surface area contributed by atoms with Gasteiger partial charge in [-0.25, -0.2) is 8.42 Å². The Morgan fingerprint density at radius 1 is 0.944 bits per heavy atom. The number of sulfonamides is 1. The highest BCUT2D eigenvalue weighted by Gasteiger charge is 2.25. The van der Waals surface area contributed by atoms with Gasteiger partial charge in [0.25, 0.3) is 0 Å². The molecule has 7 nitrogen and oxygen atoms in total. The minimum absolute atomic E-state index is 0.273. The zero-order valence-electron chi connectivity index (χ0n) is 20.8. The van der Waals surface area contributed by atoms with E-state index in [9.17, 15) is 13.2 Å². The number of anilines is 2. The smallest absolute Gasteiger partial charge is 0.241 e. The number of piperidine rings is 1. The van der Waals surface area contributed by atoms with Crippen LogP contribution in [0.4, 0.5) is 11.4 Å². The van der Waals surface area contributed by atoms with Crippen LogP contribution >= 0.6 is 0 Å². The van der Waals surface area contributed by atoms with Gasteiger partial charge in [0.2, 0.25) is 15.9 Å². The third kappa shape index (κ3) is 6.57. The van der Waals surface area contributed by atoms with E-state index >= 15 is 0 Å². The lowest BCUT2D eigenvalue weighted by Crippen LogP contribution is -2.41. The van der Waals surface area contributed by atoms with E-state index in [0.717, 1.165) is 29.2 Å². The zero-order valence-corrected chi connectivity index (χ0v) is 21.6. The SMILES string of the molecule is CC(NC(=O)CN(c1ccccc1Oc1ccccc1)S(C)(=O)=O)c1ccc(N2CCCCC2)cc1. The second kappa shape index (κ2) is 11.5. The summed E-state index contributed by atoms with van der Waals surface area (Å²) in [7, 11) is -3.76. The van der Waals surface area contributed by atoms with E-state index in [1.54, 1.807) is 36.4 Å². The first-order valence-electron chi connectivity index (χ1n) is 12.3. The lowest BCUT2D eigenvalue weighted by atomic mass is 10.1. The molecule has 0 radical (unpaired) electrons. The number of amides is 1. The lowest BCUT2D eigenvalue weighted by Gasteiger charge is -2.29. The monoisotopic (exact) mass is 507 g/mol. The largest absolute Gasteiger partial charge is 0.455 e. The molecule has 1 aliphatic rings. The first-order valence-corrected chi connectivity index (χ1v) is 14.1. The van der Waals surface area contributed by atoms with Gasteiger partial charge < -0.3 is 15.0 Å². The van der Waals surface area contributed by atoms with E-state index < -0.39 is 15.9 Å².